The normalized spacial score (nSPS) is 9.43. The highest BCUT2D eigenvalue weighted by Crippen LogP contribution is 2.24. The lowest BCUT2D eigenvalue weighted by Gasteiger charge is -1.92. The summed E-state index contributed by atoms with van der Waals surface area (Å²) in [4.78, 5) is 5.43. The minimum Gasteiger partial charge on any atom is -0.256 e. The van der Waals surface area contributed by atoms with Gasteiger partial charge in [0.15, 0.2) is 0 Å². The average molecular weight is 199 g/mol. The van der Waals surface area contributed by atoms with Gasteiger partial charge in [-0.2, -0.15) is 0 Å². The van der Waals surface area contributed by atoms with Crippen LogP contribution in [0, 0.1) is 0 Å². The molecule has 2 heterocycles. The molecule has 0 aliphatic carbocycles. The second-order valence-electron chi connectivity index (χ2n) is 2.80. The molecule has 0 aromatic carbocycles. The van der Waals surface area contributed by atoms with Crippen LogP contribution in [0.5, 0.6) is 0 Å². The summed E-state index contributed by atoms with van der Waals surface area (Å²) in [5, 5.41) is 2.09. The molecule has 0 unspecified atom stereocenters. The second kappa shape index (κ2) is 4.05. The van der Waals surface area contributed by atoms with Crippen LogP contribution in [0.2, 0.25) is 0 Å². The molecule has 14 heavy (non-hydrogen) atoms. The molecule has 0 bridgehead atoms. The zero-order valence-corrected chi connectivity index (χ0v) is 8.42. The molecule has 0 saturated carbocycles. The molecule has 0 saturated heterocycles. The number of hydrogen-bond donors (Lipinski definition) is 0. The maximum absolute atomic E-state index is 4.28. The van der Waals surface area contributed by atoms with E-state index in [1.165, 1.54) is 0 Å². The van der Waals surface area contributed by atoms with Crippen LogP contribution in [0.25, 0.3) is 17.3 Å². The van der Waals surface area contributed by atoms with Crippen LogP contribution in [-0.4, -0.2) is 4.98 Å². The van der Waals surface area contributed by atoms with Gasteiger partial charge in [0.05, 0.1) is 5.69 Å². The fourth-order valence-corrected chi connectivity index (χ4v) is 2.00. The standard InChI is InChI=1S/C12H9NS/c1-2-5-11-8-10(9-14-11)12-6-3-4-7-13-12/h3-9H,1H2. The van der Waals surface area contributed by atoms with E-state index >= 15 is 0 Å². The van der Waals surface area contributed by atoms with Crippen molar-refractivity contribution >= 4 is 17.4 Å². The van der Waals surface area contributed by atoms with Gasteiger partial charge in [0.2, 0.25) is 0 Å². The molecule has 0 atom stereocenters. The quantitative estimate of drug-likeness (QED) is 0.673. The number of pyridine rings is 1. The van der Waals surface area contributed by atoms with Gasteiger partial charge in [0.1, 0.15) is 0 Å². The minimum atomic E-state index is 1.01. The van der Waals surface area contributed by atoms with Crippen LogP contribution in [0.3, 0.4) is 0 Å². The van der Waals surface area contributed by atoms with E-state index in [2.05, 4.69) is 28.7 Å². The molecule has 0 amide bonds. The Labute approximate surface area is 87.1 Å². The first-order chi connectivity index (χ1) is 6.90. The number of aromatic nitrogens is 1. The van der Waals surface area contributed by atoms with Crippen molar-refractivity contribution in [1.29, 1.82) is 0 Å². The van der Waals surface area contributed by atoms with Crippen LogP contribution >= 0.6 is 11.3 Å². The fraction of sp³-hybridized carbons (Fsp3) is 0. The Morgan fingerprint density at radius 2 is 2.36 bits per heavy atom. The zero-order chi connectivity index (χ0) is 9.80. The summed E-state index contributed by atoms with van der Waals surface area (Å²) in [6.07, 6.45) is 3.67. The molecule has 1 nitrogen and oxygen atoms in total. The van der Waals surface area contributed by atoms with Crippen molar-refractivity contribution < 1.29 is 0 Å². The van der Waals surface area contributed by atoms with Gasteiger partial charge in [-0.15, -0.1) is 17.1 Å². The first-order valence-corrected chi connectivity index (χ1v) is 5.14. The first-order valence-electron chi connectivity index (χ1n) is 4.26. The zero-order valence-electron chi connectivity index (χ0n) is 7.60. The highest BCUT2D eigenvalue weighted by atomic mass is 32.1. The van der Waals surface area contributed by atoms with Crippen LogP contribution < -0.4 is 0 Å². The van der Waals surface area contributed by atoms with E-state index in [0.29, 0.717) is 0 Å². The summed E-state index contributed by atoms with van der Waals surface area (Å²) in [6.45, 7) is 3.55. The van der Waals surface area contributed by atoms with Crippen molar-refractivity contribution in [2.45, 2.75) is 0 Å². The molecule has 0 aliphatic heterocycles. The summed E-state index contributed by atoms with van der Waals surface area (Å²) in [6, 6.07) is 8.00. The molecule has 68 valence electrons. The molecule has 2 heteroatoms. The van der Waals surface area contributed by atoms with Crippen LogP contribution in [0.1, 0.15) is 4.88 Å². The predicted molar refractivity (Wildman–Crippen MR) is 61.2 cm³/mol. The fourth-order valence-electron chi connectivity index (χ4n) is 1.20. The Morgan fingerprint density at radius 1 is 1.43 bits per heavy atom. The second-order valence-corrected chi connectivity index (χ2v) is 3.74. The van der Waals surface area contributed by atoms with Crippen molar-refractivity contribution in [3.05, 3.63) is 53.0 Å². The lowest BCUT2D eigenvalue weighted by Crippen LogP contribution is -1.76. The van der Waals surface area contributed by atoms with E-state index in [-0.39, 0.29) is 0 Å². The molecule has 0 radical (unpaired) electrons. The SMILES string of the molecule is C=C=Cc1cc(-c2ccccn2)cs1. The first kappa shape index (κ1) is 8.95. The Kier molecular flexibility index (Phi) is 2.59. The lowest BCUT2D eigenvalue weighted by molar-refractivity contribution is 1.33. The highest BCUT2D eigenvalue weighted by Gasteiger charge is 2.00. The van der Waals surface area contributed by atoms with Gasteiger partial charge < -0.3 is 0 Å². The predicted octanol–water partition coefficient (Wildman–Crippen LogP) is 3.61. The van der Waals surface area contributed by atoms with E-state index in [1.54, 1.807) is 17.5 Å². The number of rotatable bonds is 2. The smallest absolute Gasteiger partial charge is 0.0710 e. The van der Waals surface area contributed by atoms with Gasteiger partial charge in [-0.25, -0.2) is 0 Å². The molecule has 2 aromatic heterocycles. The van der Waals surface area contributed by atoms with Gasteiger partial charge >= 0.3 is 0 Å². The average Bonchev–Trinajstić information content (AvgIpc) is 2.68. The van der Waals surface area contributed by atoms with E-state index in [4.69, 9.17) is 0 Å². The van der Waals surface area contributed by atoms with Gasteiger partial charge in [-0.3, -0.25) is 4.98 Å². The lowest BCUT2D eigenvalue weighted by atomic mass is 10.2. The van der Waals surface area contributed by atoms with Crippen molar-refractivity contribution in [2.24, 2.45) is 0 Å². The van der Waals surface area contributed by atoms with Gasteiger partial charge in [0, 0.05) is 22.0 Å². The van der Waals surface area contributed by atoms with Gasteiger partial charge in [-0.1, -0.05) is 12.6 Å². The van der Waals surface area contributed by atoms with Crippen LogP contribution in [-0.2, 0) is 0 Å². The Hall–Kier alpha value is -1.63. The Balaban J connectivity index is 2.39. The molecule has 0 fully saturated rings. The van der Waals surface area contributed by atoms with Crippen molar-refractivity contribution in [3.8, 4) is 11.3 Å². The van der Waals surface area contributed by atoms with Crippen LogP contribution in [0.15, 0.2) is 48.2 Å². The molecular formula is C12H9NS. The van der Waals surface area contributed by atoms with E-state index in [0.717, 1.165) is 16.1 Å². The molecule has 0 aliphatic rings. The summed E-state index contributed by atoms with van der Waals surface area (Å²) < 4.78 is 0. The molecule has 2 aromatic rings. The number of hydrogen-bond acceptors (Lipinski definition) is 2. The molecular weight excluding hydrogens is 190 g/mol. The van der Waals surface area contributed by atoms with Crippen molar-refractivity contribution in [3.63, 3.8) is 0 Å². The van der Waals surface area contributed by atoms with E-state index < -0.39 is 0 Å². The monoisotopic (exact) mass is 199 g/mol. The van der Waals surface area contributed by atoms with Gasteiger partial charge in [-0.05, 0) is 24.3 Å². The topological polar surface area (TPSA) is 12.9 Å². The van der Waals surface area contributed by atoms with Crippen LogP contribution in [0.4, 0.5) is 0 Å². The number of nitrogens with zero attached hydrogens (tertiary/aromatic N) is 1. The highest BCUT2D eigenvalue weighted by molar-refractivity contribution is 7.11. The maximum Gasteiger partial charge on any atom is 0.0710 e. The largest absolute Gasteiger partial charge is 0.256 e. The van der Waals surface area contributed by atoms with Crippen molar-refractivity contribution in [1.82, 2.24) is 4.98 Å². The summed E-state index contributed by atoms with van der Waals surface area (Å²) >= 11 is 1.67. The molecule has 2 rings (SSSR count). The van der Waals surface area contributed by atoms with E-state index in [1.807, 2.05) is 24.3 Å². The van der Waals surface area contributed by atoms with Crippen molar-refractivity contribution in [2.75, 3.05) is 0 Å². The molecule has 0 spiro atoms. The Bertz CT molecular complexity index is 464. The third-order valence-electron chi connectivity index (χ3n) is 1.82. The summed E-state index contributed by atoms with van der Waals surface area (Å²) in [7, 11) is 0. The Morgan fingerprint density at radius 3 is 3.07 bits per heavy atom. The van der Waals surface area contributed by atoms with E-state index in [9.17, 15) is 0 Å². The van der Waals surface area contributed by atoms with Gasteiger partial charge in [0.25, 0.3) is 0 Å². The third kappa shape index (κ3) is 1.82. The number of thiophene rings is 1. The molecule has 0 N–H and O–H groups in total. The minimum absolute atomic E-state index is 1.01. The summed E-state index contributed by atoms with van der Waals surface area (Å²) in [5.41, 5.74) is 4.92. The summed E-state index contributed by atoms with van der Waals surface area (Å²) in [5.74, 6) is 0. The maximum atomic E-state index is 4.28. The third-order valence-corrected chi connectivity index (χ3v) is 2.70.